The monoisotopic (exact) mass is 287 g/mol. The molecule has 0 spiro atoms. The molecule has 21 heavy (non-hydrogen) atoms. The highest BCUT2D eigenvalue weighted by Crippen LogP contribution is 2.22. The highest BCUT2D eigenvalue weighted by molar-refractivity contribution is 5.25. The molecule has 3 nitrogen and oxygen atoms in total. The van der Waals surface area contributed by atoms with Crippen LogP contribution in [-0.2, 0) is 6.42 Å². The lowest BCUT2D eigenvalue weighted by Gasteiger charge is -2.25. The van der Waals surface area contributed by atoms with Crippen molar-refractivity contribution < 1.29 is 0 Å². The Labute approximate surface area is 129 Å². The molecule has 2 saturated heterocycles. The summed E-state index contributed by atoms with van der Waals surface area (Å²) in [6.07, 6.45) is 5.19. The second-order valence-corrected chi connectivity index (χ2v) is 6.65. The Bertz CT molecular complexity index is 436. The number of nitrogens with two attached hydrogens (primary N) is 1. The molecule has 0 aliphatic carbocycles. The molecule has 0 aromatic heterocycles. The van der Waals surface area contributed by atoms with E-state index < -0.39 is 0 Å². The van der Waals surface area contributed by atoms with Crippen molar-refractivity contribution >= 4 is 0 Å². The van der Waals surface area contributed by atoms with E-state index in [1.165, 1.54) is 56.6 Å². The SMILES string of the molecule is CCc1ccc(C(N)CN2CCC(N3CCCC3)C2)cc1. The first-order valence-corrected chi connectivity index (χ1v) is 8.57. The van der Waals surface area contributed by atoms with E-state index in [0.717, 1.165) is 19.0 Å². The van der Waals surface area contributed by atoms with Crippen LogP contribution in [0.5, 0.6) is 0 Å². The number of likely N-dealkylation sites (tertiary alicyclic amines) is 2. The molecule has 2 N–H and O–H groups in total. The second-order valence-electron chi connectivity index (χ2n) is 6.65. The maximum absolute atomic E-state index is 6.41. The van der Waals surface area contributed by atoms with Gasteiger partial charge < -0.3 is 5.73 Å². The van der Waals surface area contributed by atoms with Gasteiger partial charge in [-0.2, -0.15) is 0 Å². The Hall–Kier alpha value is -0.900. The van der Waals surface area contributed by atoms with Crippen LogP contribution in [-0.4, -0.2) is 48.6 Å². The van der Waals surface area contributed by atoms with Crippen LogP contribution in [0.25, 0.3) is 0 Å². The normalized spacial score (nSPS) is 25.5. The van der Waals surface area contributed by atoms with Gasteiger partial charge in [0.05, 0.1) is 0 Å². The molecular weight excluding hydrogens is 258 g/mol. The summed E-state index contributed by atoms with van der Waals surface area (Å²) in [5.41, 5.74) is 9.07. The topological polar surface area (TPSA) is 32.5 Å². The van der Waals surface area contributed by atoms with E-state index in [2.05, 4.69) is 41.0 Å². The molecule has 2 aliphatic rings. The molecule has 116 valence electrons. The van der Waals surface area contributed by atoms with Gasteiger partial charge in [0.1, 0.15) is 0 Å². The quantitative estimate of drug-likeness (QED) is 0.903. The molecule has 0 bridgehead atoms. The van der Waals surface area contributed by atoms with Crippen molar-refractivity contribution in [3.05, 3.63) is 35.4 Å². The molecule has 2 heterocycles. The molecule has 2 aliphatic heterocycles. The van der Waals surface area contributed by atoms with Crippen LogP contribution in [0.3, 0.4) is 0 Å². The Kier molecular flexibility index (Phi) is 4.94. The highest BCUT2D eigenvalue weighted by Gasteiger charge is 2.29. The van der Waals surface area contributed by atoms with Crippen LogP contribution >= 0.6 is 0 Å². The molecule has 2 unspecified atom stereocenters. The van der Waals surface area contributed by atoms with Crippen molar-refractivity contribution in [3.8, 4) is 0 Å². The van der Waals surface area contributed by atoms with Crippen molar-refractivity contribution in [1.82, 2.24) is 9.80 Å². The molecule has 2 fully saturated rings. The van der Waals surface area contributed by atoms with Crippen molar-refractivity contribution in [2.45, 2.75) is 44.7 Å². The standard InChI is InChI=1S/C18H29N3/c1-2-15-5-7-16(8-6-15)18(19)14-20-12-9-17(13-20)21-10-3-4-11-21/h5-8,17-18H,2-4,9-14,19H2,1H3. The fraction of sp³-hybridized carbons (Fsp3) is 0.667. The Morgan fingerprint density at radius 1 is 1.14 bits per heavy atom. The van der Waals surface area contributed by atoms with Gasteiger partial charge in [-0.1, -0.05) is 31.2 Å². The number of aryl methyl sites for hydroxylation is 1. The number of nitrogens with zero attached hydrogens (tertiary/aromatic N) is 2. The Balaban J connectivity index is 1.51. The molecule has 2 atom stereocenters. The number of benzene rings is 1. The predicted octanol–water partition coefficient (Wildman–Crippen LogP) is 2.42. The molecule has 0 amide bonds. The maximum Gasteiger partial charge on any atom is 0.0424 e. The van der Waals surface area contributed by atoms with Gasteiger partial charge in [-0.25, -0.2) is 0 Å². The van der Waals surface area contributed by atoms with Crippen LogP contribution in [0, 0.1) is 0 Å². The first-order valence-electron chi connectivity index (χ1n) is 8.57. The Morgan fingerprint density at radius 3 is 2.52 bits per heavy atom. The lowest BCUT2D eigenvalue weighted by molar-refractivity contribution is 0.228. The molecule has 1 aromatic carbocycles. The van der Waals surface area contributed by atoms with E-state index in [-0.39, 0.29) is 6.04 Å². The molecule has 0 saturated carbocycles. The van der Waals surface area contributed by atoms with Gasteiger partial charge in [0, 0.05) is 25.2 Å². The fourth-order valence-electron chi connectivity index (χ4n) is 3.77. The summed E-state index contributed by atoms with van der Waals surface area (Å²) >= 11 is 0. The summed E-state index contributed by atoms with van der Waals surface area (Å²) in [5.74, 6) is 0. The molecule has 1 aromatic rings. The summed E-state index contributed by atoms with van der Waals surface area (Å²) in [7, 11) is 0. The largest absolute Gasteiger partial charge is 0.323 e. The number of rotatable bonds is 5. The average molecular weight is 287 g/mol. The predicted molar refractivity (Wildman–Crippen MR) is 88.4 cm³/mol. The smallest absolute Gasteiger partial charge is 0.0424 e. The third-order valence-corrected chi connectivity index (χ3v) is 5.18. The average Bonchev–Trinajstić information content (AvgIpc) is 3.18. The molecule has 0 radical (unpaired) electrons. The zero-order valence-corrected chi connectivity index (χ0v) is 13.3. The summed E-state index contributed by atoms with van der Waals surface area (Å²) in [6, 6.07) is 9.77. The van der Waals surface area contributed by atoms with Crippen LogP contribution in [0.15, 0.2) is 24.3 Å². The van der Waals surface area contributed by atoms with E-state index >= 15 is 0 Å². The number of hydrogen-bond acceptors (Lipinski definition) is 3. The third-order valence-electron chi connectivity index (χ3n) is 5.18. The zero-order valence-electron chi connectivity index (χ0n) is 13.3. The lowest BCUT2D eigenvalue weighted by Crippen LogP contribution is -2.37. The van der Waals surface area contributed by atoms with Crippen molar-refractivity contribution in [3.63, 3.8) is 0 Å². The van der Waals surface area contributed by atoms with E-state index in [1.54, 1.807) is 0 Å². The first kappa shape index (κ1) is 15.0. The number of hydrogen-bond donors (Lipinski definition) is 1. The highest BCUT2D eigenvalue weighted by atomic mass is 15.3. The molecular formula is C18H29N3. The van der Waals surface area contributed by atoms with Gasteiger partial charge in [0.25, 0.3) is 0 Å². The van der Waals surface area contributed by atoms with E-state index in [9.17, 15) is 0 Å². The summed E-state index contributed by atoms with van der Waals surface area (Å²) < 4.78 is 0. The van der Waals surface area contributed by atoms with Gasteiger partial charge in [0.15, 0.2) is 0 Å². The Morgan fingerprint density at radius 2 is 1.86 bits per heavy atom. The maximum atomic E-state index is 6.41. The van der Waals surface area contributed by atoms with Crippen molar-refractivity contribution in [2.75, 3.05) is 32.7 Å². The first-order chi connectivity index (χ1) is 10.3. The summed E-state index contributed by atoms with van der Waals surface area (Å²) in [5, 5.41) is 0. The van der Waals surface area contributed by atoms with Crippen molar-refractivity contribution in [2.24, 2.45) is 5.73 Å². The van der Waals surface area contributed by atoms with Crippen LogP contribution in [0.2, 0.25) is 0 Å². The minimum absolute atomic E-state index is 0.147. The van der Waals surface area contributed by atoms with Crippen LogP contribution < -0.4 is 5.73 Å². The van der Waals surface area contributed by atoms with E-state index in [4.69, 9.17) is 5.73 Å². The lowest BCUT2D eigenvalue weighted by atomic mass is 10.0. The summed E-state index contributed by atoms with van der Waals surface area (Å²) in [4.78, 5) is 5.24. The fourth-order valence-corrected chi connectivity index (χ4v) is 3.77. The van der Waals surface area contributed by atoms with Gasteiger partial charge in [-0.3, -0.25) is 9.80 Å². The minimum atomic E-state index is 0.147. The van der Waals surface area contributed by atoms with Crippen LogP contribution in [0.1, 0.15) is 43.4 Å². The molecule has 3 heteroatoms. The third kappa shape index (κ3) is 3.65. The van der Waals surface area contributed by atoms with Gasteiger partial charge in [-0.15, -0.1) is 0 Å². The zero-order chi connectivity index (χ0) is 14.7. The second kappa shape index (κ2) is 6.91. The van der Waals surface area contributed by atoms with Gasteiger partial charge in [0.2, 0.25) is 0 Å². The van der Waals surface area contributed by atoms with E-state index in [1.807, 2.05) is 0 Å². The van der Waals surface area contributed by atoms with Crippen LogP contribution in [0.4, 0.5) is 0 Å². The van der Waals surface area contributed by atoms with Gasteiger partial charge >= 0.3 is 0 Å². The molecule has 3 rings (SSSR count). The summed E-state index contributed by atoms with van der Waals surface area (Å²) in [6.45, 7) is 8.22. The van der Waals surface area contributed by atoms with Crippen molar-refractivity contribution in [1.29, 1.82) is 0 Å². The minimum Gasteiger partial charge on any atom is -0.323 e. The van der Waals surface area contributed by atoms with E-state index in [0.29, 0.717) is 0 Å². The van der Waals surface area contributed by atoms with Gasteiger partial charge in [-0.05, 0) is 56.4 Å².